The van der Waals surface area contributed by atoms with Crippen LogP contribution in [-0.4, -0.2) is 61.1 Å². The normalized spacial score (nSPS) is 15.9. The molecule has 9 nitrogen and oxygen atoms in total. The van der Waals surface area contributed by atoms with Crippen LogP contribution >= 0.6 is 0 Å². The molecule has 1 aliphatic heterocycles. The number of hydrogen-bond acceptors (Lipinski definition) is 5. The molecule has 1 saturated heterocycles. The van der Waals surface area contributed by atoms with Gasteiger partial charge in [-0.1, -0.05) is 6.07 Å². The molecule has 0 aliphatic carbocycles. The Morgan fingerprint density at radius 1 is 1.22 bits per heavy atom. The lowest BCUT2D eigenvalue weighted by Crippen LogP contribution is -2.49. The number of ether oxygens (including phenoxy) is 1. The minimum Gasteiger partial charge on any atom is -0.380 e. The van der Waals surface area contributed by atoms with Crippen LogP contribution in [0.15, 0.2) is 53.7 Å². The summed E-state index contributed by atoms with van der Waals surface area (Å²) in [5, 5.41) is 9.82. The number of aromatic amines is 1. The highest BCUT2D eigenvalue weighted by Gasteiger charge is 2.30. The molecule has 1 unspecified atom stereocenters. The summed E-state index contributed by atoms with van der Waals surface area (Å²) < 4.78 is 36.4. The number of nitrogens with one attached hydrogen (secondary N) is 2. The number of hydrogen-bond donors (Lipinski definition) is 2. The number of aryl methyl sites for hydroxylation is 1. The second-order valence-electron chi connectivity index (χ2n) is 7.65. The van der Waals surface area contributed by atoms with Gasteiger partial charge in [0.1, 0.15) is 17.8 Å². The average molecular weight is 456 g/mol. The van der Waals surface area contributed by atoms with E-state index in [-0.39, 0.29) is 17.2 Å². The molecule has 168 valence electrons. The van der Waals surface area contributed by atoms with Gasteiger partial charge < -0.3 is 19.2 Å². The summed E-state index contributed by atoms with van der Waals surface area (Å²) in [5.74, 6) is -0.286. The largest absolute Gasteiger partial charge is 0.380 e. The summed E-state index contributed by atoms with van der Waals surface area (Å²) in [6.07, 6.45) is 4.33. The molecule has 3 heterocycles. The number of H-pyrrole nitrogens is 1. The molecule has 32 heavy (non-hydrogen) atoms. The van der Waals surface area contributed by atoms with Crippen LogP contribution in [0.2, 0.25) is 0 Å². The summed E-state index contributed by atoms with van der Waals surface area (Å²) in [6, 6.07) is 11.2. The Labute approximate surface area is 186 Å². The van der Waals surface area contributed by atoms with E-state index in [1.165, 1.54) is 6.07 Å². The summed E-state index contributed by atoms with van der Waals surface area (Å²) in [7, 11) is -3.98. The van der Waals surface area contributed by atoms with Crippen molar-refractivity contribution in [2.24, 2.45) is 0 Å². The van der Waals surface area contributed by atoms with Crippen molar-refractivity contribution in [3.05, 3.63) is 54.5 Å². The van der Waals surface area contributed by atoms with Gasteiger partial charge in [-0.05, 0) is 43.2 Å². The predicted molar refractivity (Wildman–Crippen MR) is 118 cm³/mol. The highest BCUT2D eigenvalue weighted by atomic mass is 32.2. The SMILES string of the molecule is N#Cc1cccn1CCC(NS(=O)(=O)c1cccc2[nH]ccc12)C(=O)N1CCCOCC1. The molecule has 1 atom stereocenters. The van der Waals surface area contributed by atoms with Crippen LogP contribution in [0.4, 0.5) is 0 Å². The van der Waals surface area contributed by atoms with Gasteiger partial charge in [-0.3, -0.25) is 4.79 Å². The zero-order chi connectivity index (χ0) is 22.6. The fourth-order valence-electron chi connectivity index (χ4n) is 3.94. The maximum Gasteiger partial charge on any atom is 0.241 e. The molecule has 2 aromatic heterocycles. The van der Waals surface area contributed by atoms with Crippen LogP contribution in [0, 0.1) is 11.3 Å². The number of fused-ring (bicyclic) bond motifs is 1. The molecule has 3 aromatic rings. The van der Waals surface area contributed by atoms with E-state index < -0.39 is 16.1 Å². The molecule has 1 aromatic carbocycles. The number of carbonyl (C=O) groups is 1. The molecule has 10 heteroatoms. The second kappa shape index (κ2) is 9.56. The third-order valence-corrected chi connectivity index (χ3v) is 7.11. The van der Waals surface area contributed by atoms with Crippen molar-refractivity contribution in [2.45, 2.75) is 30.3 Å². The first-order valence-electron chi connectivity index (χ1n) is 10.5. The maximum absolute atomic E-state index is 13.4. The summed E-state index contributed by atoms with van der Waals surface area (Å²) in [5.41, 5.74) is 1.16. The zero-order valence-corrected chi connectivity index (χ0v) is 18.3. The first kappa shape index (κ1) is 22.1. The molecule has 1 aliphatic rings. The average Bonchev–Trinajstić information content (AvgIpc) is 3.37. The molecular weight excluding hydrogens is 430 g/mol. The van der Waals surface area contributed by atoms with Gasteiger partial charge in [0, 0.05) is 49.5 Å². The van der Waals surface area contributed by atoms with E-state index in [0.29, 0.717) is 55.9 Å². The second-order valence-corrected chi connectivity index (χ2v) is 9.33. The van der Waals surface area contributed by atoms with Crippen LogP contribution in [-0.2, 0) is 26.1 Å². The quantitative estimate of drug-likeness (QED) is 0.563. The summed E-state index contributed by atoms with van der Waals surface area (Å²) >= 11 is 0. The summed E-state index contributed by atoms with van der Waals surface area (Å²) in [6.45, 7) is 2.25. The minimum absolute atomic E-state index is 0.118. The smallest absolute Gasteiger partial charge is 0.241 e. The van der Waals surface area contributed by atoms with Gasteiger partial charge in [0.05, 0.1) is 11.5 Å². The van der Waals surface area contributed by atoms with Crippen molar-refractivity contribution < 1.29 is 17.9 Å². The van der Waals surface area contributed by atoms with E-state index in [1.807, 2.05) is 0 Å². The van der Waals surface area contributed by atoms with Gasteiger partial charge in [0.2, 0.25) is 15.9 Å². The van der Waals surface area contributed by atoms with Crippen LogP contribution in [0.25, 0.3) is 10.9 Å². The van der Waals surface area contributed by atoms with E-state index in [0.717, 1.165) is 0 Å². The minimum atomic E-state index is -3.98. The number of amides is 1. The van der Waals surface area contributed by atoms with Gasteiger partial charge in [0.25, 0.3) is 0 Å². The molecule has 0 radical (unpaired) electrons. The van der Waals surface area contributed by atoms with Crippen molar-refractivity contribution >= 4 is 26.8 Å². The third kappa shape index (κ3) is 4.70. The molecule has 0 saturated carbocycles. The molecule has 0 bridgehead atoms. The lowest BCUT2D eigenvalue weighted by Gasteiger charge is -2.26. The standard InChI is InChI=1S/C22H25N5O4S/c23-16-17-4-2-10-26(17)12-8-20(22(28)27-11-3-14-31-15-13-27)25-32(29,30)21-6-1-5-19-18(21)7-9-24-19/h1-2,4-7,9-10,20,24-25H,3,8,11-15H2. The Hall–Kier alpha value is -3.13. The molecular formula is C22H25N5O4S. The lowest BCUT2D eigenvalue weighted by molar-refractivity contribution is -0.133. The Kier molecular flexibility index (Phi) is 6.60. The van der Waals surface area contributed by atoms with Crippen LogP contribution in [0.5, 0.6) is 0 Å². The van der Waals surface area contributed by atoms with E-state index in [2.05, 4.69) is 15.8 Å². The van der Waals surface area contributed by atoms with E-state index in [4.69, 9.17) is 4.74 Å². The number of nitrogens with zero attached hydrogens (tertiary/aromatic N) is 3. The lowest BCUT2D eigenvalue weighted by atomic mass is 10.2. The van der Waals surface area contributed by atoms with E-state index in [1.54, 1.807) is 52.2 Å². The molecule has 1 fully saturated rings. The van der Waals surface area contributed by atoms with Crippen LogP contribution in [0.1, 0.15) is 18.5 Å². The van der Waals surface area contributed by atoms with Crippen molar-refractivity contribution in [1.29, 1.82) is 5.26 Å². The number of rotatable bonds is 7. The third-order valence-electron chi connectivity index (χ3n) is 5.58. The fourth-order valence-corrected chi connectivity index (χ4v) is 5.39. The highest BCUT2D eigenvalue weighted by molar-refractivity contribution is 7.89. The van der Waals surface area contributed by atoms with E-state index >= 15 is 0 Å². The van der Waals surface area contributed by atoms with E-state index in [9.17, 15) is 18.5 Å². The van der Waals surface area contributed by atoms with Gasteiger partial charge in [-0.2, -0.15) is 9.98 Å². The molecule has 0 spiro atoms. The van der Waals surface area contributed by atoms with Crippen molar-refractivity contribution in [1.82, 2.24) is 19.2 Å². The topological polar surface area (TPSA) is 120 Å². The Morgan fingerprint density at radius 3 is 2.94 bits per heavy atom. The number of benzene rings is 1. The monoisotopic (exact) mass is 455 g/mol. The van der Waals surface area contributed by atoms with Crippen LogP contribution in [0.3, 0.4) is 0 Å². The van der Waals surface area contributed by atoms with Crippen molar-refractivity contribution in [3.63, 3.8) is 0 Å². The van der Waals surface area contributed by atoms with Gasteiger partial charge >= 0.3 is 0 Å². The first-order chi connectivity index (χ1) is 15.5. The fraction of sp³-hybridized carbons (Fsp3) is 0.364. The van der Waals surface area contributed by atoms with Crippen molar-refractivity contribution in [3.8, 4) is 6.07 Å². The van der Waals surface area contributed by atoms with Gasteiger partial charge in [0.15, 0.2) is 0 Å². The van der Waals surface area contributed by atoms with Crippen LogP contribution < -0.4 is 4.72 Å². The van der Waals surface area contributed by atoms with Gasteiger partial charge in [-0.25, -0.2) is 8.42 Å². The Balaban J connectivity index is 1.61. The molecule has 2 N–H and O–H groups in total. The Bertz CT molecular complexity index is 1230. The zero-order valence-electron chi connectivity index (χ0n) is 17.5. The summed E-state index contributed by atoms with van der Waals surface area (Å²) in [4.78, 5) is 18.1. The number of nitriles is 1. The Morgan fingerprint density at radius 2 is 2.09 bits per heavy atom. The number of aromatic nitrogens is 2. The predicted octanol–water partition coefficient (Wildman–Crippen LogP) is 1.83. The van der Waals surface area contributed by atoms with Crippen molar-refractivity contribution in [2.75, 3.05) is 26.3 Å². The molecule has 4 rings (SSSR count). The number of carbonyl (C=O) groups excluding carboxylic acids is 1. The highest BCUT2D eigenvalue weighted by Crippen LogP contribution is 2.23. The van der Waals surface area contributed by atoms with Gasteiger partial charge in [-0.15, -0.1) is 0 Å². The maximum atomic E-state index is 13.4. The number of sulfonamides is 1. The first-order valence-corrected chi connectivity index (χ1v) is 12.0. The molecule has 1 amide bonds.